The summed E-state index contributed by atoms with van der Waals surface area (Å²) in [5, 5.41) is 0.283. The second kappa shape index (κ2) is 2.58. The van der Waals surface area contributed by atoms with Crippen molar-refractivity contribution in [2.45, 2.75) is 13.8 Å². The molecule has 11 heavy (non-hydrogen) atoms. The average Bonchev–Trinajstić information content (AvgIpc) is 1.97. The monoisotopic (exact) mass is 171 g/mol. The smallest absolute Gasteiger partial charge is 0.154 e. The number of aryl methyl sites for hydroxylation is 1. The molecule has 0 fully saturated rings. The minimum atomic E-state index is 0.283. The van der Waals surface area contributed by atoms with E-state index >= 15 is 0 Å². The summed E-state index contributed by atoms with van der Waals surface area (Å²) in [5.74, 6) is 0. The van der Waals surface area contributed by atoms with Gasteiger partial charge in [0.1, 0.15) is 0 Å². The van der Waals surface area contributed by atoms with Crippen LogP contribution in [-0.2, 0) is 0 Å². The molecule has 4 N–H and O–H groups in total. The Bertz CT molecular complexity index is 270. The molecule has 1 rings (SSSR count). The molecule has 0 radical (unpaired) electrons. The SMILES string of the molecule is Cc1nc(Cl)c(N)c(N)c1C. The van der Waals surface area contributed by atoms with Gasteiger partial charge in [-0.15, -0.1) is 0 Å². The summed E-state index contributed by atoms with van der Waals surface area (Å²) in [4.78, 5) is 3.99. The molecule has 4 heteroatoms. The molecule has 1 heterocycles. The first-order valence-corrected chi connectivity index (χ1v) is 3.59. The fourth-order valence-electron chi connectivity index (χ4n) is 0.799. The van der Waals surface area contributed by atoms with Crippen LogP contribution in [0.15, 0.2) is 0 Å². The predicted octanol–water partition coefficient (Wildman–Crippen LogP) is 1.52. The summed E-state index contributed by atoms with van der Waals surface area (Å²) in [6, 6.07) is 0. The van der Waals surface area contributed by atoms with Gasteiger partial charge < -0.3 is 11.5 Å². The largest absolute Gasteiger partial charge is 0.397 e. The van der Waals surface area contributed by atoms with Gasteiger partial charge in [0, 0.05) is 5.69 Å². The molecule has 0 saturated carbocycles. The number of halogens is 1. The number of nitrogens with two attached hydrogens (primary N) is 2. The molecule has 0 aliphatic heterocycles. The third-order valence-electron chi connectivity index (χ3n) is 1.72. The molecule has 60 valence electrons. The van der Waals surface area contributed by atoms with E-state index in [1.807, 2.05) is 13.8 Å². The van der Waals surface area contributed by atoms with Crippen LogP contribution in [0.2, 0.25) is 5.15 Å². The van der Waals surface area contributed by atoms with Gasteiger partial charge in [-0.2, -0.15) is 0 Å². The third-order valence-corrected chi connectivity index (χ3v) is 2.01. The lowest BCUT2D eigenvalue weighted by Gasteiger charge is -2.07. The average molecular weight is 172 g/mol. The van der Waals surface area contributed by atoms with Gasteiger partial charge in [-0.25, -0.2) is 4.98 Å². The first-order chi connectivity index (χ1) is 5.04. The van der Waals surface area contributed by atoms with Crippen molar-refractivity contribution in [2.24, 2.45) is 0 Å². The maximum Gasteiger partial charge on any atom is 0.154 e. The van der Waals surface area contributed by atoms with Gasteiger partial charge in [0.15, 0.2) is 5.15 Å². The molecular formula is C7H10ClN3. The molecule has 0 atom stereocenters. The van der Waals surface area contributed by atoms with Gasteiger partial charge in [-0.05, 0) is 19.4 Å². The maximum absolute atomic E-state index is 5.68. The van der Waals surface area contributed by atoms with Crippen LogP contribution in [0.5, 0.6) is 0 Å². The van der Waals surface area contributed by atoms with E-state index in [9.17, 15) is 0 Å². The molecule has 1 aromatic heterocycles. The van der Waals surface area contributed by atoms with Crippen molar-refractivity contribution in [1.29, 1.82) is 0 Å². The summed E-state index contributed by atoms with van der Waals surface area (Å²) >= 11 is 5.68. The van der Waals surface area contributed by atoms with Gasteiger partial charge >= 0.3 is 0 Å². The molecule has 0 bridgehead atoms. The number of rotatable bonds is 0. The molecule has 1 aromatic rings. The number of nitrogens with zero attached hydrogens (tertiary/aromatic N) is 1. The summed E-state index contributed by atoms with van der Waals surface area (Å²) in [6.45, 7) is 3.71. The Balaban J connectivity index is 3.46. The van der Waals surface area contributed by atoms with Crippen LogP contribution in [0.3, 0.4) is 0 Å². The second-order valence-corrected chi connectivity index (χ2v) is 2.80. The van der Waals surface area contributed by atoms with Crippen molar-refractivity contribution < 1.29 is 0 Å². The normalized spacial score (nSPS) is 10.1. The summed E-state index contributed by atoms with van der Waals surface area (Å²) < 4.78 is 0. The number of hydrogen-bond acceptors (Lipinski definition) is 3. The standard InChI is InChI=1S/C7H10ClN3/c1-3-4(2)11-7(8)6(10)5(3)9/h10H2,1-2H3,(H2,9,11). The minimum absolute atomic E-state index is 0.283. The van der Waals surface area contributed by atoms with Gasteiger partial charge in [-0.3, -0.25) is 0 Å². The van der Waals surface area contributed by atoms with Crippen molar-refractivity contribution in [1.82, 2.24) is 4.98 Å². The Labute approximate surface area is 70.4 Å². The van der Waals surface area contributed by atoms with E-state index in [1.54, 1.807) is 0 Å². The highest BCUT2D eigenvalue weighted by atomic mass is 35.5. The van der Waals surface area contributed by atoms with Crippen LogP contribution in [-0.4, -0.2) is 4.98 Å². The topological polar surface area (TPSA) is 64.9 Å². The van der Waals surface area contributed by atoms with Crippen molar-refractivity contribution in [3.05, 3.63) is 16.4 Å². The van der Waals surface area contributed by atoms with Gasteiger partial charge in [0.2, 0.25) is 0 Å². The van der Waals surface area contributed by atoms with E-state index in [2.05, 4.69) is 4.98 Å². The van der Waals surface area contributed by atoms with E-state index in [4.69, 9.17) is 23.1 Å². The molecule has 0 spiro atoms. The molecule has 0 unspecified atom stereocenters. The second-order valence-electron chi connectivity index (χ2n) is 2.44. The molecule has 0 aliphatic rings. The fourth-order valence-corrected chi connectivity index (χ4v) is 1.03. The van der Waals surface area contributed by atoms with E-state index < -0.39 is 0 Å². The van der Waals surface area contributed by atoms with E-state index in [0.717, 1.165) is 11.3 Å². The van der Waals surface area contributed by atoms with Crippen LogP contribution >= 0.6 is 11.6 Å². The lowest BCUT2D eigenvalue weighted by atomic mass is 10.2. The van der Waals surface area contributed by atoms with Crippen molar-refractivity contribution in [2.75, 3.05) is 11.5 Å². The Morgan fingerprint density at radius 1 is 1.18 bits per heavy atom. The highest BCUT2D eigenvalue weighted by molar-refractivity contribution is 6.32. The van der Waals surface area contributed by atoms with Gasteiger partial charge in [-0.1, -0.05) is 11.6 Å². The van der Waals surface area contributed by atoms with Crippen molar-refractivity contribution >= 4 is 23.0 Å². The number of aromatic nitrogens is 1. The van der Waals surface area contributed by atoms with E-state index in [-0.39, 0.29) is 5.15 Å². The first-order valence-electron chi connectivity index (χ1n) is 3.21. The molecule has 3 nitrogen and oxygen atoms in total. The van der Waals surface area contributed by atoms with Crippen LogP contribution < -0.4 is 11.5 Å². The molecule has 0 aliphatic carbocycles. The molecule has 0 saturated heterocycles. The zero-order valence-electron chi connectivity index (χ0n) is 6.48. The molecule has 0 amide bonds. The number of hydrogen-bond donors (Lipinski definition) is 2. The lowest BCUT2D eigenvalue weighted by molar-refractivity contribution is 1.16. The van der Waals surface area contributed by atoms with Crippen molar-refractivity contribution in [3.63, 3.8) is 0 Å². The van der Waals surface area contributed by atoms with Crippen LogP contribution in [0.25, 0.3) is 0 Å². The van der Waals surface area contributed by atoms with Gasteiger partial charge in [0.25, 0.3) is 0 Å². The van der Waals surface area contributed by atoms with Gasteiger partial charge in [0.05, 0.1) is 11.4 Å². The van der Waals surface area contributed by atoms with Crippen LogP contribution in [0.4, 0.5) is 11.4 Å². The lowest BCUT2D eigenvalue weighted by Crippen LogP contribution is -2.02. The summed E-state index contributed by atoms with van der Waals surface area (Å²) in [7, 11) is 0. The van der Waals surface area contributed by atoms with E-state index in [0.29, 0.717) is 11.4 Å². The predicted molar refractivity (Wildman–Crippen MR) is 47.5 cm³/mol. The summed E-state index contributed by atoms with van der Waals surface area (Å²) in [6.07, 6.45) is 0. The Morgan fingerprint density at radius 2 is 1.73 bits per heavy atom. The number of anilines is 2. The Kier molecular flexibility index (Phi) is 1.91. The summed E-state index contributed by atoms with van der Waals surface area (Å²) in [5.41, 5.74) is 13.8. The first kappa shape index (κ1) is 8.14. The molecule has 0 aromatic carbocycles. The molecular weight excluding hydrogens is 162 g/mol. The maximum atomic E-state index is 5.68. The zero-order chi connectivity index (χ0) is 8.59. The van der Waals surface area contributed by atoms with Crippen molar-refractivity contribution in [3.8, 4) is 0 Å². The highest BCUT2D eigenvalue weighted by Crippen LogP contribution is 2.27. The number of nitrogen functional groups attached to an aromatic ring is 2. The zero-order valence-corrected chi connectivity index (χ0v) is 7.24. The van der Waals surface area contributed by atoms with Crippen LogP contribution in [0, 0.1) is 13.8 Å². The fraction of sp³-hybridized carbons (Fsp3) is 0.286. The minimum Gasteiger partial charge on any atom is -0.397 e. The number of pyridine rings is 1. The quantitative estimate of drug-likeness (QED) is 0.582. The third kappa shape index (κ3) is 1.24. The highest BCUT2D eigenvalue weighted by Gasteiger charge is 2.07. The van der Waals surface area contributed by atoms with E-state index in [1.165, 1.54) is 0 Å². The Morgan fingerprint density at radius 3 is 2.27 bits per heavy atom. The van der Waals surface area contributed by atoms with Crippen LogP contribution in [0.1, 0.15) is 11.3 Å². The Hall–Kier alpha value is -0.960.